The molecule has 7 heteroatoms. The Morgan fingerprint density at radius 2 is 1.57 bits per heavy atom. The summed E-state index contributed by atoms with van der Waals surface area (Å²) in [6.07, 6.45) is -2.36. The average molecular weight is 412 g/mol. The first kappa shape index (κ1) is 20.5. The number of carbonyl (C=O) groups is 2. The summed E-state index contributed by atoms with van der Waals surface area (Å²) in [4.78, 5) is 25.0. The third-order valence-corrected chi connectivity index (χ3v) is 5.06. The third-order valence-electron chi connectivity index (χ3n) is 5.06. The smallest absolute Gasteiger partial charge is 0.338 e. The number of carbonyl (C=O) groups excluding carboxylic acids is 2. The van der Waals surface area contributed by atoms with Crippen LogP contribution in [0.15, 0.2) is 60.7 Å². The standard InChI is InChI=1S/C23H24O7/c1-23(2)27-14-18-20(30-23)19(29-22(25)16-11-7-4-8-12-16)17(28-18)13-26-21(24)15-9-5-3-6-10-15/h3-12,17-20H,13-14H2,1-2H3/t17-,18-,19-,20+/m0/s1. The highest BCUT2D eigenvalue weighted by Gasteiger charge is 2.53. The zero-order chi connectivity index (χ0) is 21.1. The van der Waals surface area contributed by atoms with Crippen molar-refractivity contribution in [3.63, 3.8) is 0 Å². The highest BCUT2D eigenvalue weighted by molar-refractivity contribution is 5.90. The number of ether oxygens (including phenoxy) is 5. The highest BCUT2D eigenvalue weighted by atomic mass is 16.7. The molecule has 158 valence electrons. The van der Waals surface area contributed by atoms with Crippen molar-refractivity contribution in [2.24, 2.45) is 0 Å². The Balaban J connectivity index is 1.49. The zero-order valence-corrected chi connectivity index (χ0v) is 16.9. The second kappa shape index (κ2) is 8.55. The van der Waals surface area contributed by atoms with Gasteiger partial charge in [-0.1, -0.05) is 36.4 Å². The molecule has 0 unspecified atom stereocenters. The van der Waals surface area contributed by atoms with E-state index < -0.39 is 42.1 Å². The predicted molar refractivity (Wildman–Crippen MR) is 106 cm³/mol. The molecule has 7 nitrogen and oxygen atoms in total. The third kappa shape index (κ3) is 4.53. The van der Waals surface area contributed by atoms with Crippen LogP contribution in [0.5, 0.6) is 0 Å². The van der Waals surface area contributed by atoms with Gasteiger partial charge >= 0.3 is 11.9 Å². The molecular formula is C23H24O7. The van der Waals surface area contributed by atoms with E-state index in [0.29, 0.717) is 17.7 Å². The van der Waals surface area contributed by atoms with Gasteiger partial charge in [0.25, 0.3) is 0 Å². The number of hydrogen-bond donors (Lipinski definition) is 0. The molecule has 2 aliphatic rings. The number of hydrogen-bond acceptors (Lipinski definition) is 7. The van der Waals surface area contributed by atoms with E-state index in [2.05, 4.69) is 0 Å². The second-order valence-electron chi connectivity index (χ2n) is 7.71. The van der Waals surface area contributed by atoms with Gasteiger partial charge in [0.05, 0.1) is 17.7 Å². The fourth-order valence-corrected chi connectivity index (χ4v) is 3.58. The SMILES string of the molecule is CC1(C)OC[C@@H]2O[C@@H](COC(=O)c3ccccc3)[C@H](OC(=O)c3ccccc3)[C@@H]2O1. The molecule has 0 aliphatic carbocycles. The summed E-state index contributed by atoms with van der Waals surface area (Å²) in [5.41, 5.74) is 0.860. The molecule has 2 aliphatic heterocycles. The summed E-state index contributed by atoms with van der Waals surface area (Å²) >= 11 is 0. The minimum atomic E-state index is -0.836. The van der Waals surface area contributed by atoms with Gasteiger partial charge in [0.15, 0.2) is 11.9 Å². The minimum Gasteiger partial charge on any atom is -0.459 e. The van der Waals surface area contributed by atoms with E-state index in [4.69, 9.17) is 23.7 Å². The normalized spacial score (nSPS) is 27.1. The summed E-state index contributed by atoms with van der Waals surface area (Å²) in [7, 11) is 0. The first-order chi connectivity index (χ1) is 14.4. The van der Waals surface area contributed by atoms with Gasteiger partial charge in [-0.15, -0.1) is 0 Å². The molecular weight excluding hydrogens is 388 g/mol. The molecule has 0 aromatic heterocycles. The van der Waals surface area contributed by atoms with Crippen LogP contribution in [-0.2, 0) is 23.7 Å². The van der Waals surface area contributed by atoms with Gasteiger partial charge < -0.3 is 23.7 Å². The predicted octanol–water partition coefficient (Wildman–Crippen LogP) is 2.99. The molecule has 4 atom stereocenters. The van der Waals surface area contributed by atoms with Gasteiger partial charge in [0.2, 0.25) is 0 Å². The van der Waals surface area contributed by atoms with E-state index in [9.17, 15) is 9.59 Å². The molecule has 0 bridgehead atoms. The minimum absolute atomic E-state index is 0.0722. The topological polar surface area (TPSA) is 80.3 Å². The molecule has 2 aromatic rings. The van der Waals surface area contributed by atoms with E-state index >= 15 is 0 Å². The van der Waals surface area contributed by atoms with Crippen molar-refractivity contribution in [3.05, 3.63) is 71.8 Å². The van der Waals surface area contributed by atoms with Crippen LogP contribution in [0.1, 0.15) is 34.6 Å². The summed E-state index contributed by atoms with van der Waals surface area (Å²) in [5, 5.41) is 0. The monoisotopic (exact) mass is 412 g/mol. The molecule has 0 saturated carbocycles. The van der Waals surface area contributed by atoms with Crippen LogP contribution in [0.3, 0.4) is 0 Å². The van der Waals surface area contributed by atoms with Gasteiger partial charge in [0, 0.05) is 0 Å². The van der Waals surface area contributed by atoms with Crippen molar-refractivity contribution in [2.45, 2.75) is 44.1 Å². The lowest BCUT2D eigenvalue weighted by atomic mass is 10.1. The molecule has 0 radical (unpaired) electrons. The maximum atomic E-state index is 12.7. The van der Waals surface area contributed by atoms with E-state index in [1.54, 1.807) is 62.4 Å². The fourth-order valence-electron chi connectivity index (χ4n) is 3.58. The maximum Gasteiger partial charge on any atom is 0.338 e. The highest BCUT2D eigenvalue weighted by Crippen LogP contribution is 2.35. The Morgan fingerprint density at radius 3 is 2.20 bits per heavy atom. The van der Waals surface area contributed by atoms with Crippen molar-refractivity contribution in [1.29, 1.82) is 0 Å². The molecule has 30 heavy (non-hydrogen) atoms. The molecule has 2 saturated heterocycles. The van der Waals surface area contributed by atoms with Gasteiger partial charge in [-0.3, -0.25) is 0 Å². The van der Waals surface area contributed by atoms with Crippen molar-refractivity contribution < 1.29 is 33.3 Å². The van der Waals surface area contributed by atoms with Crippen molar-refractivity contribution >= 4 is 11.9 Å². The Morgan fingerprint density at radius 1 is 0.967 bits per heavy atom. The van der Waals surface area contributed by atoms with Gasteiger partial charge in [-0.2, -0.15) is 0 Å². The molecule has 0 amide bonds. The van der Waals surface area contributed by atoms with Crippen LogP contribution < -0.4 is 0 Å². The molecule has 0 spiro atoms. The van der Waals surface area contributed by atoms with Gasteiger partial charge in [-0.25, -0.2) is 9.59 Å². The summed E-state index contributed by atoms with van der Waals surface area (Å²) < 4.78 is 28.9. The van der Waals surface area contributed by atoms with Crippen LogP contribution in [0.2, 0.25) is 0 Å². The lowest BCUT2D eigenvalue weighted by Gasteiger charge is -2.38. The van der Waals surface area contributed by atoms with Crippen LogP contribution >= 0.6 is 0 Å². The van der Waals surface area contributed by atoms with Crippen molar-refractivity contribution in [3.8, 4) is 0 Å². The maximum absolute atomic E-state index is 12.7. The van der Waals surface area contributed by atoms with Crippen LogP contribution in [0.4, 0.5) is 0 Å². The van der Waals surface area contributed by atoms with Gasteiger partial charge in [-0.05, 0) is 38.1 Å². The van der Waals surface area contributed by atoms with Crippen LogP contribution in [0, 0.1) is 0 Å². The Bertz CT molecular complexity index is 881. The quantitative estimate of drug-likeness (QED) is 0.699. The fraction of sp³-hybridized carbons (Fsp3) is 0.391. The second-order valence-corrected chi connectivity index (χ2v) is 7.71. The first-order valence-electron chi connectivity index (χ1n) is 9.88. The first-order valence-corrected chi connectivity index (χ1v) is 9.88. The van der Waals surface area contributed by atoms with E-state index in [-0.39, 0.29) is 6.61 Å². The Labute approximate surface area is 174 Å². The molecule has 2 fully saturated rings. The Hall–Kier alpha value is -2.74. The van der Waals surface area contributed by atoms with E-state index in [1.165, 1.54) is 0 Å². The number of rotatable bonds is 5. The Kier molecular flexibility index (Phi) is 5.85. The van der Waals surface area contributed by atoms with Gasteiger partial charge in [0.1, 0.15) is 24.9 Å². The molecule has 2 aromatic carbocycles. The largest absolute Gasteiger partial charge is 0.459 e. The summed E-state index contributed by atoms with van der Waals surface area (Å²) in [6.45, 7) is 3.81. The molecule has 0 N–H and O–H groups in total. The zero-order valence-electron chi connectivity index (χ0n) is 16.9. The number of benzene rings is 2. The van der Waals surface area contributed by atoms with Crippen LogP contribution in [0.25, 0.3) is 0 Å². The molecule has 2 heterocycles. The summed E-state index contributed by atoms with van der Waals surface area (Å²) in [6, 6.07) is 17.4. The number of fused-ring (bicyclic) bond motifs is 1. The average Bonchev–Trinajstić information content (AvgIpc) is 3.08. The number of esters is 2. The van der Waals surface area contributed by atoms with Crippen LogP contribution in [-0.4, -0.2) is 55.4 Å². The summed E-state index contributed by atoms with van der Waals surface area (Å²) in [5.74, 6) is -1.80. The van der Waals surface area contributed by atoms with E-state index in [1.807, 2.05) is 12.1 Å². The van der Waals surface area contributed by atoms with Crippen molar-refractivity contribution in [1.82, 2.24) is 0 Å². The lowest BCUT2D eigenvalue weighted by molar-refractivity contribution is -0.299. The van der Waals surface area contributed by atoms with E-state index in [0.717, 1.165) is 0 Å². The van der Waals surface area contributed by atoms with Crippen molar-refractivity contribution in [2.75, 3.05) is 13.2 Å². The molecule has 4 rings (SSSR count). The lowest BCUT2D eigenvalue weighted by Crippen LogP contribution is -2.51.